The number of rotatable bonds is 4. The highest BCUT2D eigenvalue weighted by Gasteiger charge is 2.30. The van der Waals surface area contributed by atoms with Gasteiger partial charge in [0.15, 0.2) is 0 Å². The molecule has 18 heavy (non-hydrogen) atoms. The van der Waals surface area contributed by atoms with Gasteiger partial charge in [0.25, 0.3) is 0 Å². The van der Waals surface area contributed by atoms with E-state index in [1.807, 2.05) is 18.5 Å². The lowest BCUT2D eigenvalue weighted by Crippen LogP contribution is -2.33. The van der Waals surface area contributed by atoms with E-state index >= 15 is 0 Å². The Morgan fingerprint density at radius 2 is 2.28 bits per heavy atom. The van der Waals surface area contributed by atoms with Crippen molar-refractivity contribution in [3.05, 3.63) is 42.2 Å². The van der Waals surface area contributed by atoms with Gasteiger partial charge in [-0.1, -0.05) is 12.1 Å². The van der Waals surface area contributed by atoms with Crippen LogP contribution in [0.4, 0.5) is 5.69 Å². The van der Waals surface area contributed by atoms with E-state index in [1.165, 1.54) is 18.4 Å². The Bertz CT molecular complexity index is 504. The molecule has 0 unspecified atom stereocenters. The van der Waals surface area contributed by atoms with Crippen LogP contribution in [0, 0.1) is 0 Å². The van der Waals surface area contributed by atoms with E-state index < -0.39 is 0 Å². The van der Waals surface area contributed by atoms with Crippen molar-refractivity contribution in [2.75, 3.05) is 12.4 Å². The second-order valence-corrected chi connectivity index (χ2v) is 4.77. The van der Waals surface area contributed by atoms with Gasteiger partial charge in [-0.3, -0.25) is 5.10 Å². The van der Waals surface area contributed by atoms with Crippen LogP contribution >= 0.6 is 0 Å². The topological polar surface area (TPSA) is 49.9 Å². The summed E-state index contributed by atoms with van der Waals surface area (Å²) in [4.78, 5) is 0. The second kappa shape index (κ2) is 4.72. The lowest BCUT2D eigenvalue weighted by molar-refractivity contribution is 0.370. The van der Waals surface area contributed by atoms with Crippen LogP contribution in [0.15, 0.2) is 36.7 Å². The van der Waals surface area contributed by atoms with Crippen LogP contribution in [0.1, 0.15) is 24.3 Å². The highest BCUT2D eigenvalue weighted by Crippen LogP contribution is 2.39. The van der Waals surface area contributed by atoms with Gasteiger partial charge in [0.1, 0.15) is 5.75 Å². The van der Waals surface area contributed by atoms with Crippen LogP contribution in [0.5, 0.6) is 5.75 Å². The van der Waals surface area contributed by atoms with Crippen molar-refractivity contribution in [3.8, 4) is 5.75 Å². The molecule has 1 aromatic carbocycles. The fourth-order valence-electron chi connectivity index (χ4n) is 2.47. The molecule has 0 aliphatic heterocycles. The predicted octanol–water partition coefficient (Wildman–Crippen LogP) is 2.78. The Hall–Kier alpha value is -1.97. The zero-order valence-electron chi connectivity index (χ0n) is 10.4. The summed E-state index contributed by atoms with van der Waals surface area (Å²) in [5, 5.41) is 10.2. The van der Waals surface area contributed by atoms with Gasteiger partial charge < -0.3 is 10.1 Å². The number of H-pyrrole nitrogens is 1. The van der Waals surface area contributed by atoms with Crippen molar-refractivity contribution >= 4 is 5.69 Å². The molecular formula is C14H17N3O. The molecule has 4 heteroatoms. The standard InChI is InChI=1S/C14H17N3O/c1-18-14-4-2-3-10(7-14)11-5-12(6-11)17-13-8-15-16-9-13/h2-4,7-9,11-12,17H,5-6H2,1H3,(H,15,16). The van der Waals surface area contributed by atoms with E-state index in [2.05, 4.69) is 33.7 Å². The summed E-state index contributed by atoms with van der Waals surface area (Å²) >= 11 is 0. The minimum absolute atomic E-state index is 0.554. The first-order valence-corrected chi connectivity index (χ1v) is 6.24. The molecule has 1 heterocycles. The zero-order chi connectivity index (χ0) is 12.4. The van der Waals surface area contributed by atoms with Gasteiger partial charge in [0.2, 0.25) is 0 Å². The largest absolute Gasteiger partial charge is 0.497 e. The number of hydrogen-bond donors (Lipinski definition) is 2. The number of benzene rings is 1. The average molecular weight is 243 g/mol. The zero-order valence-corrected chi connectivity index (χ0v) is 10.4. The SMILES string of the molecule is COc1cccc(C2CC(Nc3cn[nH]c3)C2)c1. The maximum Gasteiger partial charge on any atom is 0.119 e. The van der Waals surface area contributed by atoms with Crippen molar-refractivity contribution in [1.29, 1.82) is 0 Å². The molecule has 1 saturated carbocycles. The monoisotopic (exact) mass is 243 g/mol. The molecule has 3 rings (SSSR count). The summed E-state index contributed by atoms with van der Waals surface area (Å²) in [6.45, 7) is 0. The van der Waals surface area contributed by atoms with Crippen LogP contribution < -0.4 is 10.1 Å². The number of nitrogens with zero attached hydrogens (tertiary/aromatic N) is 1. The minimum atomic E-state index is 0.554. The van der Waals surface area contributed by atoms with Crippen molar-refractivity contribution in [2.24, 2.45) is 0 Å². The Morgan fingerprint density at radius 1 is 1.39 bits per heavy atom. The predicted molar refractivity (Wildman–Crippen MR) is 71.0 cm³/mol. The molecule has 0 bridgehead atoms. The quantitative estimate of drug-likeness (QED) is 0.868. The van der Waals surface area contributed by atoms with Gasteiger partial charge in [0.05, 0.1) is 19.0 Å². The molecule has 1 aliphatic rings. The van der Waals surface area contributed by atoms with Crippen LogP contribution in [0.25, 0.3) is 0 Å². The van der Waals surface area contributed by atoms with E-state index in [0.29, 0.717) is 12.0 Å². The van der Waals surface area contributed by atoms with Crippen molar-refractivity contribution in [1.82, 2.24) is 10.2 Å². The Labute approximate surface area is 106 Å². The van der Waals surface area contributed by atoms with Gasteiger partial charge in [-0.25, -0.2) is 0 Å². The smallest absolute Gasteiger partial charge is 0.119 e. The van der Waals surface area contributed by atoms with E-state index in [1.54, 1.807) is 7.11 Å². The molecule has 0 atom stereocenters. The van der Waals surface area contributed by atoms with Crippen molar-refractivity contribution in [3.63, 3.8) is 0 Å². The summed E-state index contributed by atoms with van der Waals surface area (Å²) in [6.07, 6.45) is 6.04. The molecule has 0 amide bonds. The highest BCUT2D eigenvalue weighted by atomic mass is 16.5. The molecule has 4 nitrogen and oxygen atoms in total. The van der Waals surface area contributed by atoms with Gasteiger partial charge in [-0.05, 0) is 36.5 Å². The normalized spacial score (nSPS) is 22.3. The molecule has 94 valence electrons. The Balaban J connectivity index is 1.58. The van der Waals surface area contributed by atoms with Gasteiger partial charge >= 0.3 is 0 Å². The lowest BCUT2D eigenvalue weighted by Gasteiger charge is -2.36. The van der Waals surface area contributed by atoms with Crippen LogP contribution in [0.3, 0.4) is 0 Å². The van der Waals surface area contributed by atoms with Crippen LogP contribution in [0.2, 0.25) is 0 Å². The average Bonchev–Trinajstić information content (AvgIpc) is 2.86. The summed E-state index contributed by atoms with van der Waals surface area (Å²) < 4.78 is 5.26. The third-order valence-electron chi connectivity index (χ3n) is 3.57. The minimum Gasteiger partial charge on any atom is -0.497 e. The molecule has 1 aliphatic carbocycles. The van der Waals surface area contributed by atoms with E-state index in [0.717, 1.165) is 11.4 Å². The molecule has 0 spiro atoms. The van der Waals surface area contributed by atoms with Gasteiger partial charge in [-0.2, -0.15) is 5.10 Å². The molecule has 1 aromatic heterocycles. The number of nitrogens with one attached hydrogen (secondary N) is 2. The Morgan fingerprint density at radius 3 is 3.00 bits per heavy atom. The third-order valence-corrected chi connectivity index (χ3v) is 3.57. The number of aromatic nitrogens is 2. The van der Waals surface area contributed by atoms with E-state index in [-0.39, 0.29) is 0 Å². The molecule has 0 radical (unpaired) electrons. The number of aromatic amines is 1. The molecular weight excluding hydrogens is 226 g/mol. The maximum absolute atomic E-state index is 5.26. The molecule has 1 fully saturated rings. The maximum atomic E-state index is 5.26. The fourth-order valence-corrected chi connectivity index (χ4v) is 2.47. The first-order valence-electron chi connectivity index (χ1n) is 6.24. The Kier molecular flexibility index (Phi) is 2.92. The first-order chi connectivity index (χ1) is 8.85. The van der Waals surface area contributed by atoms with Crippen molar-refractivity contribution in [2.45, 2.75) is 24.8 Å². The fraction of sp³-hybridized carbons (Fsp3) is 0.357. The third kappa shape index (κ3) is 2.18. The number of anilines is 1. The van der Waals surface area contributed by atoms with E-state index in [9.17, 15) is 0 Å². The number of methoxy groups -OCH3 is 1. The molecule has 0 saturated heterocycles. The van der Waals surface area contributed by atoms with Crippen LogP contribution in [-0.2, 0) is 0 Å². The second-order valence-electron chi connectivity index (χ2n) is 4.77. The summed E-state index contributed by atoms with van der Waals surface area (Å²) in [6, 6.07) is 8.92. The van der Waals surface area contributed by atoms with Crippen molar-refractivity contribution < 1.29 is 4.74 Å². The van der Waals surface area contributed by atoms with E-state index in [4.69, 9.17) is 4.74 Å². The first kappa shape index (κ1) is 11.1. The number of hydrogen-bond acceptors (Lipinski definition) is 3. The summed E-state index contributed by atoms with van der Waals surface area (Å²) in [7, 11) is 1.71. The number of ether oxygens (including phenoxy) is 1. The van der Waals surface area contributed by atoms with Gasteiger partial charge in [0, 0.05) is 12.2 Å². The van der Waals surface area contributed by atoms with Gasteiger partial charge in [-0.15, -0.1) is 0 Å². The van der Waals surface area contributed by atoms with Crippen LogP contribution in [-0.4, -0.2) is 23.3 Å². The summed E-state index contributed by atoms with van der Waals surface area (Å²) in [5.41, 5.74) is 2.45. The molecule has 2 aromatic rings. The molecule has 2 N–H and O–H groups in total. The highest BCUT2D eigenvalue weighted by molar-refractivity contribution is 5.41. The lowest BCUT2D eigenvalue weighted by atomic mass is 9.76. The summed E-state index contributed by atoms with van der Waals surface area (Å²) in [5.74, 6) is 1.59.